The van der Waals surface area contributed by atoms with Gasteiger partial charge in [0.1, 0.15) is 6.61 Å². The van der Waals surface area contributed by atoms with Crippen LogP contribution in [-0.2, 0) is 14.3 Å². The molecule has 0 saturated heterocycles. The summed E-state index contributed by atoms with van der Waals surface area (Å²) in [5.74, 6) is -0.494. The molecule has 0 atom stereocenters. The summed E-state index contributed by atoms with van der Waals surface area (Å²) in [5, 5.41) is 2.53. The number of carbonyl (C=O) groups is 2. The summed E-state index contributed by atoms with van der Waals surface area (Å²) in [4.78, 5) is 22.1. The van der Waals surface area contributed by atoms with Crippen molar-refractivity contribution in [1.82, 2.24) is 5.32 Å². The Hall–Kier alpha value is -1.52. The van der Waals surface area contributed by atoms with Crippen molar-refractivity contribution in [1.29, 1.82) is 0 Å². The van der Waals surface area contributed by atoms with Crippen molar-refractivity contribution in [2.45, 2.75) is 84.0 Å². The van der Waals surface area contributed by atoms with E-state index in [9.17, 15) is 9.59 Å². The Kier molecular flexibility index (Phi) is 17.7. The quantitative estimate of drug-likeness (QED) is 0.223. The highest BCUT2D eigenvalue weighted by atomic mass is 16.6. The van der Waals surface area contributed by atoms with E-state index in [-0.39, 0.29) is 13.2 Å². The zero-order chi connectivity index (χ0) is 18.6. The number of ether oxygens (including phenoxy) is 2. The van der Waals surface area contributed by atoms with E-state index in [1.165, 1.54) is 64.2 Å². The number of hydrogen-bond acceptors (Lipinski definition) is 4. The third-order valence-electron chi connectivity index (χ3n) is 4.01. The molecule has 0 aromatic rings. The van der Waals surface area contributed by atoms with Gasteiger partial charge in [-0.05, 0) is 6.42 Å². The first-order valence-electron chi connectivity index (χ1n) is 9.90. The molecule has 0 bridgehead atoms. The molecule has 5 nitrogen and oxygen atoms in total. The molecule has 5 heteroatoms. The van der Waals surface area contributed by atoms with Crippen molar-refractivity contribution in [3.63, 3.8) is 0 Å². The molecule has 146 valence electrons. The summed E-state index contributed by atoms with van der Waals surface area (Å²) in [5.41, 5.74) is 0. The van der Waals surface area contributed by atoms with Crippen LogP contribution in [0.25, 0.3) is 0 Å². The average molecular weight is 356 g/mol. The van der Waals surface area contributed by atoms with E-state index in [0.29, 0.717) is 6.61 Å². The summed E-state index contributed by atoms with van der Waals surface area (Å²) in [6.45, 7) is 6.35. The van der Waals surface area contributed by atoms with E-state index in [2.05, 4.69) is 18.8 Å². The number of rotatable bonds is 17. The van der Waals surface area contributed by atoms with Gasteiger partial charge in [0, 0.05) is 6.08 Å². The summed E-state index contributed by atoms with van der Waals surface area (Å²) in [6, 6.07) is 0. The first-order chi connectivity index (χ1) is 12.2. The molecule has 0 unspecified atom stereocenters. The van der Waals surface area contributed by atoms with Gasteiger partial charge in [0.25, 0.3) is 0 Å². The minimum absolute atomic E-state index is 0.124. The fourth-order valence-corrected chi connectivity index (χ4v) is 2.52. The summed E-state index contributed by atoms with van der Waals surface area (Å²) >= 11 is 0. The summed E-state index contributed by atoms with van der Waals surface area (Å²) in [6.07, 6.45) is 16.0. The van der Waals surface area contributed by atoms with Crippen LogP contribution in [0, 0.1) is 0 Å². The Balaban J connectivity index is 3.18. The molecule has 0 aliphatic rings. The standard InChI is InChI=1S/C20H37NO4/c1-3-5-6-7-8-9-10-11-12-13-14-15-17-25-20(23)21-16-18-24-19(22)4-2/h4H,2-3,5-18H2,1H3,(H,21,23). The van der Waals surface area contributed by atoms with Crippen LogP contribution in [0.15, 0.2) is 12.7 Å². The third-order valence-corrected chi connectivity index (χ3v) is 4.01. The molecule has 0 aromatic carbocycles. The molecule has 25 heavy (non-hydrogen) atoms. The Bertz CT molecular complexity index is 345. The minimum Gasteiger partial charge on any atom is -0.461 e. The molecule has 0 saturated carbocycles. The van der Waals surface area contributed by atoms with Crippen molar-refractivity contribution in [3.8, 4) is 0 Å². The fraction of sp³-hybridized carbons (Fsp3) is 0.800. The smallest absolute Gasteiger partial charge is 0.407 e. The van der Waals surface area contributed by atoms with E-state index in [0.717, 1.165) is 18.9 Å². The number of carbonyl (C=O) groups excluding carboxylic acids is 2. The molecule has 1 N–H and O–H groups in total. The predicted molar refractivity (Wildman–Crippen MR) is 102 cm³/mol. The highest BCUT2D eigenvalue weighted by Gasteiger charge is 2.02. The van der Waals surface area contributed by atoms with Crippen LogP contribution in [0.4, 0.5) is 4.79 Å². The molecular formula is C20H37NO4. The second-order valence-electron chi connectivity index (χ2n) is 6.32. The maximum Gasteiger partial charge on any atom is 0.407 e. The minimum atomic E-state index is -0.494. The number of amides is 1. The monoisotopic (exact) mass is 355 g/mol. The first-order valence-corrected chi connectivity index (χ1v) is 9.90. The van der Waals surface area contributed by atoms with Gasteiger partial charge in [-0.1, -0.05) is 84.1 Å². The van der Waals surface area contributed by atoms with Crippen molar-refractivity contribution in [3.05, 3.63) is 12.7 Å². The van der Waals surface area contributed by atoms with E-state index in [1.54, 1.807) is 0 Å². The van der Waals surface area contributed by atoms with Crippen LogP contribution in [0.3, 0.4) is 0 Å². The number of alkyl carbamates (subject to hydrolysis) is 1. The largest absolute Gasteiger partial charge is 0.461 e. The van der Waals surface area contributed by atoms with Gasteiger partial charge in [0.2, 0.25) is 0 Å². The second kappa shape index (κ2) is 18.8. The molecule has 0 radical (unpaired) electrons. The first kappa shape index (κ1) is 23.5. The topological polar surface area (TPSA) is 64.6 Å². The SMILES string of the molecule is C=CC(=O)OCCNC(=O)OCCCCCCCCCCCCCC. The van der Waals surface area contributed by atoms with Crippen molar-refractivity contribution < 1.29 is 19.1 Å². The molecule has 1 amide bonds. The Morgan fingerprint density at radius 1 is 0.800 bits per heavy atom. The average Bonchev–Trinajstić information content (AvgIpc) is 2.62. The maximum absolute atomic E-state index is 11.4. The van der Waals surface area contributed by atoms with Gasteiger partial charge in [0.05, 0.1) is 13.2 Å². The molecule has 0 fully saturated rings. The molecule has 0 heterocycles. The highest BCUT2D eigenvalue weighted by molar-refractivity contribution is 5.81. The summed E-state index contributed by atoms with van der Waals surface area (Å²) in [7, 11) is 0. The lowest BCUT2D eigenvalue weighted by Crippen LogP contribution is -2.28. The molecule has 0 aliphatic heterocycles. The number of hydrogen-bond donors (Lipinski definition) is 1. The lowest BCUT2D eigenvalue weighted by molar-refractivity contribution is -0.137. The molecule has 0 aliphatic carbocycles. The normalized spacial score (nSPS) is 10.3. The second-order valence-corrected chi connectivity index (χ2v) is 6.32. The van der Waals surface area contributed by atoms with Crippen LogP contribution < -0.4 is 5.32 Å². The Labute approximate surface area is 153 Å². The van der Waals surface area contributed by atoms with Crippen LogP contribution in [-0.4, -0.2) is 31.8 Å². The molecule has 0 aromatic heterocycles. The van der Waals surface area contributed by atoms with Crippen LogP contribution in [0.5, 0.6) is 0 Å². The zero-order valence-electron chi connectivity index (χ0n) is 16.0. The van der Waals surface area contributed by atoms with Crippen molar-refractivity contribution in [2.24, 2.45) is 0 Å². The lowest BCUT2D eigenvalue weighted by atomic mass is 10.1. The lowest BCUT2D eigenvalue weighted by Gasteiger charge is -2.07. The van der Waals surface area contributed by atoms with Gasteiger partial charge in [-0.25, -0.2) is 9.59 Å². The zero-order valence-corrected chi connectivity index (χ0v) is 16.0. The van der Waals surface area contributed by atoms with Crippen LogP contribution in [0.2, 0.25) is 0 Å². The fourth-order valence-electron chi connectivity index (χ4n) is 2.52. The van der Waals surface area contributed by atoms with E-state index >= 15 is 0 Å². The van der Waals surface area contributed by atoms with Crippen LogP contribution in [0.1, 0.15) is 84.0 Å². The molecule has 0 spiro atoms. The Morgan fingerprint density at radius 3 is 1.84 bits per heavy atom. The van der Waals surface area contributed by atoms with Crippen LogP contribution >= 0.6 is 0 Å². The van der Waals surface area contributed by atoms with Gasteiger partial charge in [-0.3, -0.25) is 0 Å². The Morgan fingerprint density at radius 2 is 1.32 bits per heavy atom. The summed E-state index contributed by atoms with van der Waals surface area (Å²) < 4.78 is 9.79. The van der Waals surface area contributed by atoms with E-state index in [4.69, 9.17) is 9.47 Å². The van der Waals surface area contributed by atoms with Crippen molar-refractivity contribution >= 4 is 12.1 Å². The highest BCUT2D eigenvalue weighted by Crippen LogP contribution is 2.11. The number of esters is 1. The van der Waals surface area contributed by atoms with Gasteiger partial charge >= 0.3 is 12.1 Å². The van der Waals surface area contributed by atoms with Gasteiger partial charge < -0.3 is 14.8 Å². The van der Waals surface area contributed by atoms with Gasteiger partial charge in [-0.15, -0.1) is 0 Å². The number of nitrogens with one attached hydrogen (secondary N) is 1. The van der Waals surface area contributed by atoms with E-state index < -0.39 is 12.1 Å². The van der Waals surface area contributed by atoms with E-state index in [1.807, 2.05) is 0 Å². The molecular weight excluding hydrogens is 318 g/mol. The van der Waals surface area contributed by atoms with Gasteiger partial charge in [-0.2, -0.15) is 0 Å². The predicted octanol–water partition coefficient (Wildman–Crippen LogP) is 5.14. The number of unbranched alkanes of at least 4 members (excludes halogenated alkanes) is 11. The molecule has 0 rings (SSSR count). The van der Waals surface area contributed by atoms with Gasteiger partial charge in [0.15, 0.2) is 0 Å². The third kappa shape index (κ3) is 18.7. The maximum atomic E-state index is 11.4. The van der Waals surface area contributed by atoms with Crippen molar-refractivity contribution in [2.75, 3.05) is 19.8 Å².